The number of aromatic nitrogens is 2. The molecule has 1 aromatic heterocycles. The Bertz CT molecular complexity index is 230. The lowest BCUT2D eigenvalue weighted by Crippen LogP contribution is -2.05. The van der Waals surface area contributed by atoms with Crippen LogP contribution in [0, 0.1) is 5.92 Å². The highest BCUT2D eigenvalue weighted by molar-refractivity contribution is 5.01. The maximum absolute atomic E-state index is 9.54. The van der Waals surface area contributed by atoms with Gasteiger partial charge in [0.05, 0.1) is 18.1 Å². The molecular weight excluding hydrogens is 140 g/mol. The second-order valence-corrected chi connectivity index (χ2v) is 3.15. The van der Waals surface area contributed by atoms with Gasteiger partial charge in [0.25, 0.3) is 0 Å². The largest absolute Gasteiger partial charge is 0.386 e. The lowest BCUT2D eigenvalue weighted by atomic mass is 10.1. The summed E-state index contributed by atoms with van der Waals surface area (Å²) in [4.78, 5) is 4.05. The van der Waals surface area contributed by atoms with Crippen LogP contribution in [0.3, 0.4) is 0 Å². The predicted octanol–water partition coefficient (Wildman–Crippen LogP) is 1.11. The number of nitrogens with zero attached hydrogens (tertiary/aromatic N) is 2. The van der Waals surface area contributed by atoms with Gasteiger partial charge in [0.15, 0.2) is 0 Å². The van der Waals surface area contributed by atoms with Crippen LogP contribution in [0.5, 0.6) is 0 Å². The summed E-state index contributed by atoms with van der Waals surface area (Å²) >= 11 is 0. The first-order chi connectivity index (χ1) is 5.11. The standard InChI is InChI=1S/C8H14N2O/c1-6(2)8(11)7-4-10(3)5-9-7/h4-6,8,11H,1-3H3/t8-/m0/s1. The average molecular weight is 154 g/mol. The van der Waals surface area contributed by atoms with E-state index in [-0.39, 0.29) is 5.92 Å². The number of hydrogen-bond donors (Lipinski definition) is 1. The van der Waals surface area contributed by atoms with Crippen molar-refractivity contribution in [3.05, 3.63) is 18.2 Å². The van der Waals surface area contributed by atoms with Crippen LogP contribution in [0.15, 0.2) is 12.5 Å². The summed E-state index contributed by atoms with van der Waals surface area (Å²) < 4.78 is 1.83. The Morgan fingerprint density at radius 3 is 2.55 bits per heavy atom. The van der Waals surface area contributed by atoms with Gasteiger partial charge in [-0.1, -0.05) is 13.8 Å². The fourth-order valence-electron chi connectivity index (χ4n) is 0.927. The van der Waals surface area contributed by atoms with Gasteiger partial charge in [-0.25, -0.2) is 4.98 Å². The summed E-state index contributed by atoms with van der Waals surface area (Å²) in [6.45, 7) is 3.94. The fourth-order valence-corrected chi connectivity index (χ4v) is 0.927. The zero-order valence-corrected chi connectivity index (χ0v) is 7.15. The van der Waals surface area contributed by atoms with E-state index in [2.05, 4.69) is 4.98 Å². The Kier molecular flexibility index (Phi) is 2.29. The van der Waals surface area contributed by atoms with Crippen molar-refractivity contribution in [1.29, 1.82) is 0 Å². The Hall–Kier alpha value is -0.830. The Morgan fingerprint density at radius 1 is 1.55 bits per heavy atom. The summed E-state index contributed by atoms with van der Waals surface area (Å²) in [5.41, 5.74) is 0.752. The Balaban J connectivity index is 2.76. The van der Waals surface area contributed by atoms with Gasteiger partial charge in [-0.15, -0.1) is 0 Å². The molecule has 0 radical (unpaired) electrons. The zero-order chi connectivity index (χ0) is 8.43. The lowest BCUT2D eigenvalue weighted by Gasteiger charge is -2.10. The van der Waals surface area contributed by atoms with Crippen LogP contribution in [-0.2, 0) is 7.05 Å². The fraction of sp³-hybridized carbons (Fsp3) is 0.625. The molecule has 0 saturated heterocycles. The summed E-state index contributed by atoms with van der Waals surface area (Å²) in [7, 11) is 1.89. The van der Waals surface area contributed by atoms with Crippen molar-refractivity contribution >= 4 is 0 Å². The van der Waals surface area contributed by atoms with Gasteiger partial charge in [-0.05, 0) is 5.92 Å². The highest BCUT2D eigenvalue weighted by atomic mass is 16.3. The van der Waals surface area contributed by atoms with E-state index in [1.165, 1.54) is 0 Å². The van der Waals surface area contributed by atoms with Crippen molar-refractivity contribution in [2.45, 2.75) is 20.0 Å². The van der Waals surface area contributed by atoms with Crippen LogP contribution in [0.4, 0.5) is 0 Å². The molecule has 3 nitrogen and oxygen atoms in total. The molecule has 0 aromatic carbocycles. The van der Waals surface area contributed by atoms with Crippen LogP contribution in [0.25, 0.3) is 0 Å². The molecule has 0 aliphatic carbocycles. The molecule has 1 rings (SSSR count). The first-order valence-corrected chi connectivity index (χ1v) is 3.77. The molecule has 11 heavy (non-hydrogen) atoms. The Labute approximate surface area is 66.7 Å². The van der Waals surface area contributed by atoms with Gasteiger partial charge in [0, 0.05) is 13.2 Å². The molecule has 1 aromatic rings. The zero-order valence-electron chi connectivity index (χ0n) is 7.15. The molecule has 3 heteroatoms. The summed E-state index contributed by atoms with van der Waals surface area (Å²) in [6, 6.07) is 0. The van der Waals surface area contributed by atoms with Gasteiger partial charge >= 0.3 is 0 Å². The number of hydrogen-bond acceptors (Lipinski definition) is 2. The highest BCUT2D eigenvalue weighted by Crippen LogP contribution is 2.18. The molecule has 0 saturated carbocycles. The summed E-state index contributed by atoms with van der Waals surface area (Å²) in [5, 5.41) is 9.54. The van der Waals surface area contributed by atoms with E-state index in [0.29, 0.717) is 0 Å². The van der Waals surface area contributed by atoms with Crippen molar-refractivity contribution in [2.24, 2.45) is 13.0 Å². The second-order valence-electron chi connectivity index (χ2n) is 3.15. The summed E-state index contributed by atoms with van der Waals surface area (Å²) in [6.07, 6.45) is 3.10. The average Bonchev–Trinajstić information content (AvgIpc) is 2.34. The third-order valence-corrected chi connectivity index (χ3v) is 1.66. The van der Waals surface area contributed by atoms with Crippen LogP contribution in [0.2, 0.25) is 0 Å². The molecule has 0 aliphatic heterocycles. The Morgan fingerprint density at radius 2 is 2.18 bits per heavy atom. The molecule has 1 heterocycles. The maximum atomic E-state index is 9.54. The molecule has 0 aliphatic rings. The van der Waals surface area contributed by atoms with Crippen molar-refractivity contribution in [3.63, 3.8) is 0 Å². The smallest absolute Gasteiger partial charge is 0.0998 e. The monoisotopic (exact) mass is 154 g/mol. The number of aryl methyl sites for hydroxylation is 1. The van der Waals surface area contributed by atoms with Crippen molar-refractivity contribution < 1.29 is 5.11 Å². The number of rotatable bonds is 2. The van der Waals surface area contributed by atoms with Crippen LogP contribution < -0.4 is 0 Å². The third kappa shape index (κ3) is 1.80. The second kappa shape index (κ2) is 3.05. The molecule has 1 N–H and O–H groups in total. The van der Waals surface area contributed by atoms with E-state index in [9.17, 15) is 5.11 Å². The number of imidazole rings is 1. The van der Waals surface area contributed by atoms with Crippen LogP contribution >= 0.6 is 0 Å². The maximum Gasteiger partial charge on any atom is 0.0998 e. The first-order valence-electron chi connectivity index (χ1n) is 3.77. The molecule has 0 unspecified atom stereocenters. The minimum Gasteiger partial charge on any atom is -0.386 e. The van der Waals surface area contributed by atoms with Crippen molar-refractivity contribution in [1.82, 2.24) is 9.55 Å². The van der Waals surface area contributed by atoms with E-state index < -0.39 is 6.10 Å². The molecular formula is C8H14N2O. The lowest BCUT2D eigenvalue weighted by molar-refractivity contribution is 0.123. The number of aliphatic hydroxyl groups excluding tert-OH is 1. The van der Waals surface area contributed by atoms with Crippen molar-refractivity contribution in [3.8, 4) is 0 Å². The van der Waals surface area contributed by atoms with Gasteiger partial charge in [0.1, 0.15) is 0 Å². The topological polar surface area (TPSA) is 38.0 Å². The first kappa shape index (κ1) is 8.27. The minimum atomic E-state index is -0.434. The molecule has 1 atom stereocenters. The summed E-state index contributed by atoms with van der Waals surface area (Å²) in [5.74, 6) is 0.227. The third-order valence-electron chi connectivity index (χ3n) is 1.66. The van der Waals surface area contributed by atoms with E-state index in [0.717, 1.165) is 5.69 Å². The van der Waals surface area contributed by atoms with Crippen LogP contribution in [-0.4, -0.2) is 14.7 Å². The predicted molar refractivity (Wildman–Crippen MR) is 43.0 cm³/mol. The van der Waals surface area contributed by atoms with Gasteiger partial charge in [-0.3, -0.25) is 0 Å². The van der Waals surface area contributed by atoms with E-state index in [1.54, 1.807) is 6.33 Å². The van der Waals surface area contributed by atoms with E-state index in [1.807, 2.05) is 31.7 Å². The van der Waals surface area contributed by atoms with Gasteiger partial charge in [0.2, 0.25) is 0 Å². The van der Waals surface area contributed by atoms with Gasteiger partial charge in [-0.2, -0.15) is 0 Å². The van der Waals surface area contributed by atoms with Crippen LogP contribution in [0.1, 0.15) is 25.6 Å². The van der Waals surface area contributed by atoms with Gasteiger partial charge < -0.3 is 9.67 Å². The normalized spacial score (nSPS) is 13.9. The highest BCUT2D eigenvalue weighted by Gasteiger charge is 2.13. The number of aliphatic hydroxyl groups is 1. The molecule has 0 spiro atoms. The van der Waals surface area contributed by atoms with E-state index >= 15 is 0 Å². The minimum absolute atomic E-state index is 0.227. The molecule has 0 bridgehead atoms. The molecule has 0 amide bonds. The SMILES string of the molecule is CC(C)[C@H](O)c1cn(C)cn1. The molecule has 62 valence electrons. The van der Waals surface area contributed by atoms with Crippen molar-refractivity contribution in [2.75, 3.05) is 0 Å². The van der Waals surface area contributed by atoms with E-state index in [4.69, 9.17) is 0 Å². The molecule has 0 fully saturated rings. The quantitative estimate of drug-likeness (QED) is 0.693.